The Balaban J connectivity index is 2.96. The highest BCUT2D eigenvalue weighted by Crippen LogP contribution is 2.26. The van der Waals surface area contributed by atoms with Crippen LogP contribution in [-0.2, 0) is 0 Å². The van der Waals surface area contributed by atoms with E-state index >= 15 is 0 Å². The van der Waals surface area contributed by atoms with Gasteiger partial charge in [-0.2, -0.15) is 5.10 Å². The van der Waals surface area contributed by atoms with Crippen LogP contribution in [0.1, 0.15) is 5.56 Å². The van der Waals surface area contributed by atoms with Gasteiger partial charge in [0, 0.05) is 32.8 Å². The Hall–Kier alpha value is -2.22. The summed E-state index contributed by atoms with van der Waals surface area (Å²) in [5.41, 5.74) is 3.77. The molecular weight excluding hydrogens is 266 g/mol. The van der Waals surface area contributed by atoms with Gasteiger partial charge in [0.1, 0.15) is 5.69 Å². The zero-order chi connectivity index (χ0) is 14.4. The summed E-state index contributed by atoms with van der Waals surface area (Å²) >= 11 is 4.84. The maximum absolute atomic E-state index is 11.0. The van der Waals surface area contributed by atoms with Gasteiger partial charge in [-0.15, -0.1) is 0 Å². The summed E-state index contributed by atoms with van der Waals surface area (Å²) in [5, 5.41) is 17.9. The highest BCUT2D eigenvalue weighted by atomic mass is 32.1. The standard InChI is InChI=1S/C11H15N5O2S/c1-12-11(19)14-13-7-8-4-5-9(15(2)3)10(6-8)16(17)18/h4-7H,1-3H3,(H2,12,14,19)/b13-7-. The lowest BCUT2D eigenvalue weighted by molar-refractivity contribution is -0.384. The van der Waals surface area contributed by atoms with Gasteiger partial charge in [-0.1, -0.05) is 6.07 Å². The number of hydrogen-bond acceptors (Lipinski definition) is 5. The van der Waals surface area contributed by atoms with E-state index in [1.807, 2.05) is 0 Å². The van der Waals surface area contributed by atoms with Gasteiger partial charge in [0.25, 0.3) is 5.69 Å². The van der Waals surface area contributed by atoms with Gasteiger partial charge in [0.15, 0.2) is 5.11 Å². The fraction of sp³-hybridized carbons (Fsp3) is 0.273. The summed E-state index contributed by atoms with van der Waals surface area (Å²) in [6.07, 6.45) is 1.47. The van der Waals surface area contributed by atoms with Crippen molar-refractivity contribution in [3.63, 3.8) is 0 Å². The molecule has 102 valence electrons. The second-order valence-corrected chi connectivity index (χ2v) is 4.26. The molecule has 0 aliphatic rings. The van der Waals surface area contributed by atoms with E-state index in [4.69, 9.17) is 12.2 Å². The fourth-order valence-corrected chi connectivity index (χ4v) is 1.42. The van der Waals surface area contributed by atoms with Gasteiger partial charge >= 0.3 is 0 Å². The molecule has 0 fully saturated rings. The molecule has 7 nitrogen and oxygen atoms in total. The smallest absolute Gasteiger partial charge is 0.293 e. The van der Waals surface area contributed by atoms with Crippen molar-refractivity contribution in [3.05, 3.63) is 33.9 Å². The van der Waals surface area contributed by atoms with E-state index in [9.17, 15) is 10.1 Å². The van der Waals surface area contributed by atoms with Crippen LogP contribution >= 0.6 is 12.2 Å². The van der Waals surface area contributed by atoms with Crippen LogP contribution in [0, 0.1) is 10.1 Å². The van der Waals surface area contributed by atoms with Gasteiger partial charge in [-0.25, -0.2) is 0 Å². The van der Waals surface area contributed by atoms with Crippen molar-refractivity contribution < 1.29 is 4.92 Å². The zero-order valence-corrected chi connectivity index (χ0v) is 11.7. The van der Waals surface area contributed by atoms with Gasteiger partial charge in [-0.3, -0.25) is 15.5 Å². The van der Waals surface area contributed by atoms with Crippen LogP contribution < -0.4 is 15.6 Å². The third kappa shape index (κ3) is 4.18. The number of nitrogens with one attached hydrogen (secondary N) is 2. The first-order chi connectivity index (χ1) is 8.95. The van der Waals surface area contributed by atoms with E-state index in [0.717, 1.165) is 0 Å². The highest BCUT2D eigenvalue weighted by molar-refractivity contribution is 7.80. The van der Waals surface area contributed by atoms with Gasteiger partial charge in [0.05, 0.1) is 11.1 Å². The third-order valence-electron chi connectivity index (χ3n) is 2.28. The second-order valence-electron chi connectivity index (χ2n) is 3.85. The topological polar surface area (TPSA) is 82.8 Å². The number of nitro groups is 1. The van der Waals surface area contributed by atoms with Crippen LogP contribution in [0.25, 0.3) is 0 Å². The molecule has 0 aromatic heterocycles. The van der Waals surface area contributed by atoms with Gasteiger partial charge < -0.3 is 10.2 Å². The van der Waals surface area contributed by atoms with E-state index < -0.39 is 4.92 Å². The molecule has 0 saturated heterocycles. The van der Waals surface area contributed by atoms with E-state index in [-0.39, 0.29) is 5.69 Å². The average molecular weight is 281 g/mol. The lowest BCUT2D eigenvalue weighted by Gasteiger charge is -2.12. The molecule has 0 aliphatic carbocycles. The molecule has 1 aromatic carbocycles. The first-order valence-corrected chi connectivity index (χ1v) is 5.83. The Morgan fingerprint density at radius 2 is 2.21 bits per heavy atom. The molecule has 19 heavy (non-hydrogen) atoms. The molecule has 0 aliphatic heterocycles. The third-order valence-corrected chi connectivity index (χ3v) is 2.58. The molecule has 0 bridgehead atoms. The largest absolute Gasteiger partial charge is 0.372 e. The normalized spacial score (nSPS) is 10.3. The van der Waals surface area contributed by atoms with E-state index in [1.165, 1.54) is 12.3 Å². The Morgan fingerprint density at radius 3 is 2.74 bits per heavy atom. The lowest BCUT2D eigenvalue weighted by Crippen LogP contribution is -2.28. The van der Waals surface area contributed by atoms with Crippen LogP contribution in [0.4, 0.5) is 11.4 Å². The predicted octanol–water partition coefficient (Wildman–Crippen LogP) is 1.09. The number of anilines is 1. The molecule has 0 heterocycles. The second kappa shape index (κ2) is 6.64. The molecule has 8 heteroatoms. The minimum absolute atomic E-state index is 0.0325. The summed E-state index contributed by atoms with van der Waals surface area (Å²) in [5.74, 6) is 0. The van der Waals surface area contributed by atoms with Crippen molar-refractivity contribution in [2.75, 3.05) is 26.0 Å². The quantitative estimate of drug-likeness (QED) is 0.372. The van der Waals surface area contributed by atoms with Crippen LogP contribution in [0.3, 0.4) is 0 Å². The molecule has 0 unspecified atom stereocenters. The summed E-state index contributed by atoms with van der Waals surface area (Å²) < 4.78 is 0. The fourth-order valence-electron chi connectivity index (χ4n) is 1.37. The molecular formula is C11H15N5O2S. The van der Waals surface area contributed by atoms with Crippen molar-refractivity contribution in [2.24, 2.45) is 5.10 Å². The van der Waals surface area contributed by atoms with Crippen LogP contribution in [0.5, 0.6) is 0 Å². The summed E-state index contributed by atoms with van der Waals surface area (Å²) in [7, 11) is 5.17. The summed E-state index contributed by atoms with van der Waals surface area (Å²) in [6.45, 7) is 0. The number of nitrogens with zero attached hydrogens (tertiary/aromatic N) is 3. The molecule has 0 spiro atoms. The highest BCUT2D eigenvalue weighted by Gasteiger charge is 2.15. The number of hydrazone groups is 1. The van der Waals surface area contributed by atoms with Crippen molar-refractivity contribution in [1.82, 2.24) is 10.7 Å². The molecule has 0 radical (unpaired) electrons. The minimum atomic E-state index is -0.418. The lowest BCUT2D eigenvalue weighted by atomic mass is 10.2. The molecule has 0 amide bonds. The van der Waals surface area contributed by atoms with E-state index in [0.29, 0.717) is 16.4 Å². The Kier molecular flexibility index (Phi) is 5.19. The summed E-state index contributed by atoms with van der Waals surface area (Å²) in [4.78, 5) is 12.3. The van der Waals surface area contributed by atoms with Crippen LogP contribution in [-0.4, -0.2) is 37.4 Å². The maximum Gasteiger partial charge on any atom is 0.293 e. The van der Waals surface area contributed by atoms with Gasteiger partial charge in [0.2, 0.25) is 0 Å². The number of rotatable bonds is 4. The van der Waals surface area contributed by atoms with Crippen LogP contribution in [0.2, 0.25) is 0 Å². The molecule has 2 N–H and O–H groups in total. The number of benzene rings is 1. The van der Waals surface area contributed by atoms with Crippen molar-refractivity contribution in [3.8, 4) is 0 Å². The zero-order valence-electron chi connectivity index (χ0n) is 10.9. The Morgan fingerprint density at radius 1 is 1.53 bits per heavy atom. The monoisotopic (exact) mass is 281 g/mol. The molecule has 0 saturated carbocycles. The van der Waals surface area contributed by atoms with Gasteiger partial charge in [-0.05, 0) is 18.3 Å². The van der Waals surface area contributed by atoms with Crippen molar-refractivity contribution >= 4 is 34.9 Å². The SMILES string of the molecule is CNC(=S)N/N=C\c1ccc(N(C)C)c([N+](=O)[O-])c1. The Bertz CT molecular complexity index is 516. The number of nitro benzene ring substituents is 1. The number of thiocarbonyl (C=S) groups is 1. The minimum Gasteiger partial charge on any atom is -0.372 e. The summed E-state index contributed by atoms with van der Waals surface area (Å²) in [6, 6.07) is 4.88. The molecule has 0 atom stereocenters. The first-order valence-electron chi connectivity index (χ1n) is 5.42. The van der Waals surface area contributed by atoms with Crippen molar-refractivity contribution in [1.29, 1.82) is 0 Å². The number of hydrogen-bond donors (Lipinski definition) is 2. The van der Waals surface area contributed by atoms with E-state index in [2.05, 4.69) is 15.8 Å². The van der Waals surface area contributed by atoms with E-state index in [1.54, 1.807) is 38.2 Å². The van der Waals surface area contributed by atoms with Crippen LogP contribution in [0.15, 0.2) is 23.3 Å². The first kappa shape index (κ1) is 14.8. The molecule has 1 aromatic rings. The molecule has 1 rings (SSSR count). The van der Waals surface area contributed by atoms with Crippen molar-refractivity contribution in [2.45, 2.75) is 0 Å². The average Bonchev–Trinajstić information content (AvgIpc) is 2.38. The Labute approximate surface area is 116 Å². The predicted molar refractivity (Wildman–Crippen MR) is 79.8 cm³/mol. The maximum atomic E-state index is 11.0.